The zero-order chi connectivity index (χ0) is 16.0. The second-order valence-corrected chi connectivity index (χ2v) is 4.48. The van der Waals surface area contributed by atoms with E-state index in [4.69, 9.17) is 5.11 Å². The van der Waals surface area contributed by atoms with Crippen LogP contribution in [0.5, 0.6) is 0 Å². The standard InChI is InChI=1S/C14H17FN2O4/c1-9(14(20)21)17(8-7-16-10(2)18)13(19)11-5-3-4-6-12(11)15/h3-6,9H,7-8H2,1-2H3,(H,16,18)(H,20,21). The van der Waals surface area contributed by atoms with Gasteiger partial charge in [-0.25, -0.2) is 9.18 Å². The van der Waals surface area contributed by atoms with E-state index in [2.05, 4.69) is 5.32 Å². The maximum Gasteiger partial charge on any atom is 0.326 e. The first kappa shape index (κ1) is 16.6. The van der Waals surface area contributed by atoms with Crippen molar-refractivity contribution in [2.24, 2.45) is 0 Å². The van der Waals surface area contributed by atoms with Gasteiger partial charge >= 0.3 is 5.97 Å². The van der Waals surface area contributed by atoms with Crippen molar-refractivity contribution in [1.82, 2.24) is 10.2 Å². The highest BCUT2D eigenvalue weighted by molar-refractivity contribution is 5.96. The summed E-state index contributed by atoms with van der Waals surface area (Å²) in [5.74, 6) is -2.95. The summed E-state index contributed by atoms with van der Waals surface area (Å²) in [6.07, 6.45) is 0. The van der Waals surface area contributed by atoms with Crippen LogP contribution in [0.1, 0.15) is 24.2 Å². The van der Waals surface area contributed by atoms with Crippen LogP contribution in [0.25, 0.3) is 0 Å². The van der Waals surface area contributed by atoms with Crippen LogP contribution in [0.3, 0.4) is 0 Å². The molecule has 0 spiro atoms. The average molecular weight is 296 g/mol. The topological polar surface area (TPSA) is 86.7 Å². The Kier molecular flexibility index (Phi) is 5.83. The third kappa shape index (κ3) is 4.55. The number of hydrogen-bond acceptors (Lipinski definition) is 3. The Morgan fingerprint density at radius 1 is 1.33 bits per heavy atom. The molecule has 0 saturated carbocycles. The predicted octanol–water partition coefficient (Wildman–Crippen LogP) is 0.877. The predicted molar refractivity (Wildman–Crippen MR) is 73.2 cm³/mol. The molecule has 1 unspecified atom stereocenters. The molecule has 2 N–H and O–H groups in total. The molecule has 0 aliphatic rings. The number of hydrogen-bond donors (Lipinski definition) is 2. The molecule has 114 valence electrons. The molecule has 0 bridgehead atoms. The fraction of sp³-hybridized carbons (Fsp3) is 0.357. The summed E-state index contributed by atoms with van der Waals surface area (Å²) < 4.78 is 13.7. The third-order valence-corrected chi connectivity index (χ3v) is 2.92. The molecule has 0 heterocycles. The quantitative estimate of drug-likeness (QED) is 0.815. The summed E-state index contributed by atoms with van der Waals surface area (Å²) in [5.41, 5.74) is -0.201. The van der Waals surface area contributed by atoms with Crippen LogP contribution in [0.15, 0.2) is 24.3 Å². The van der Waals surface area contributed by atoms with Crippen molar-refractivity contribution in [1.29, 1.82) is 0 Å². The van der Waals surface area contributed by atoms with Gasteiger partial charge in [-0.3, -0.25) is 9.59 Å². The van der Waals surface area contributed by atoms with Crippen LogP contribution in [0.4, 0.5) is 4.39 Å². The molecule has 0 fully saturated rings. The maximum absolute atomic E-state index is 13.7. The molecule has 1 aromatic rings. The zero-order valence-electron chi connectivity index (χ0n) is 11.8. The van der Waals surface area contributed by atoms with E-state index in [0.29, 0.717) is 0 Å². The van der Waals surface area contributed by atoms with Gasteiger partial charge < -0.3 is 15.3 Å². The molecular weight excluding hydrogens is 279 g/mol. The van der Waals surface area contributed by atoms with Crippen molar-refractivity contribution < 1.29 is 23.9 Å². The first-order chi connectivity index (χ1) is 9.84. The molecule has 0 radical (unpaired) electrons. The van der Waals surface area contributed by atoms with E-state index in [1.807, 2.05) is 0 Å². The third-order valence-electron chi connectivity index (χ3n) is 2.92. The number of carbonyl (C=O) groups is 3. The van der Waals surface area contributed by atoms with Crippen LogP contribution in [0, 0.1) is 5.82 Å². The highest BCUT2D eigenvalue weighted by Gasteiger charge is 2.27. The molecule has 6 nitrogen and oxygen atoms in total. The summed E-state index contributed by atoms with van der Waals surface area (Å²) in [4.78, 5) is 35.2. The molecule has 0 aromatic heterocycles. The van der Waals surface area contributed by atoms with Crippen LogP contribution >= 0.6 is 0 Å². The summed E-state index contributed by atoms with van der Waals surface area (Å²) >= 11 is 0. The Labute approximate surface area is 121 Å². The smallest absolute Gasteiger partial charge is 0.326 e. The van der Waals surface area contributed by atoms with E-state index in [9.17, 15) is 18.8 Å². The van der Waals surface area contributed by atoms with E-state index >= 15 is 0 Å². The van der Waals surface area contributed by atoms with E-state index in [1.54, 1.807) is 0 Å². The Bertz CT molecular complexity index is 548. The van der Waals surface area contributed by atoms with Crippen LogP contribution < -0.4 is 5.32 Å². The second-order valence-electron chi connectivity index (χ2n) is 4.48. The first-order valence-corrected chi connectivity index (χ1v) is 6.37. The largest absolute Gasteiger partial charge is 0.480 e. The van der Waals surface area contributed by atoms with Crippen molar-refractivity contribution in [2.45, 2.75) is 19.9 Å². The number of benzene rings is 1. The molecular formula is C14H17FN2O4. The van der Waals surface area contributed by atoms with E-state index in [1.165, 1.54) is 32.0 Å². The number of carboxylic acids is 1. The number of carboxylic acid groups (broad SMARTS) is 1. The van der Waals surface area contributed by atoms with Gasteiger partial charge in [0.25, 0.3) is 5.91 Å². The number of carbonyl (C=O) groups excluding carboxylic acids is 2. The van der Waals surface area contributed by atoms with E-state index < -0.39 is 23.7 Å². The Morgan fingerprint density at radius 2 is 1.95 bits per heavy atom. The lowest BCUT2D eigenvalue weighted by Crippen LogP contribution is -2.47. The van der Waals surface area contributed by atoms with Crippen LogP contribution in [0.2, 0.25) is 0 Å². The number of nitrogens with zero attached hydrogens (tertiary/aromatic N) is 1. The lowest BCUT2D eigenvalue weighted by Gasteiger charge is -2.26. The molecule has 21 heavy (non-hydrogen) atoms. The van der Waals surface area contributed by atoms with Crippen molar-refractivity contribution in [3.8, 4) is 0 Å². The number of halogens is 1. The lowest BCUT2D eigenvalue weighted by molar-refractivity contribution is -0.141. The van der Waals surface area contributed by atoms with Crippen molar-refractivity contribution >= 4 is 17.8 Å². The van der Waals surface area contributed by atoms with Gasteiger partial charge in [0.15, 0.2) is 0 Å². The molecule has 2 amide bonds. The SMILES string of the molecule is CC(=O)NCCN(C(=O)c1ccccc1F)C(C)C(=O)O. The van der Waals surface area contributed by atoms with Crippen molar-refractivity contribution in [3.63, 3.8) is 0 Å². The van der Waals surface area contributed by atoms with Crippen LogP contribution in [-0.4, -0.2) is 46.9 Å². The van der Waals surface area contributed by atoms with Gasteiger partial charge in [-0.15, -0.1) is 0 Å². The van der Waals surface area contributed by atoms with Gasteiger partial charge in [0.1, 0.15) is 11.9 Å². The average Bonchev–Trinajstić information content (AvgIpc) is 2.42. The number of nitrogens with one attached hydrogen (secondary N) is 1. The number of amides is 2. The van der Waals surface area contributed by atoms with Crippen molar-refractivity contribution in [3.05, 3.63) is 35.6 Å². The summed E-state index contributed by atoms with van der Waals surface area (Å²) in [5, 5.41) is 11.5. The lowest BCUT2D eigenvalue weighted by atomic mass is 10.1. The Balaban J connectivity index is 2.95. The second kappa shape index (κ2) is 7.37. The molecule has 7 heteroatoms. The summed E-state index contributed by atoms with van der Waals surface area (Å²) in [6.45, 7) is 2.70. The first-order valence-electron chi connectivity index (χ1n) is 6.37. The molecule has 0 aliphatic heterocycles. The Hall–Kier alpha value is -2.44. The van der Waals surface area contributed by atoms with Gasteiger partial charge in [0.2, 0.25) is 5.91 Å². The fourth-order valence-corrected chi connectivity index (χ4v) is 1.75. The maximum atomic E-state index is 13.7. The highest BCUT2D eigenvalue weighted by Crippen LogP contribution is 2.12. The summed E-state index contributed by atoms with van der Waals surface area (Å²) in [7, 11) is 0. The summed E-state index contributed by atoms with van der Waals surface area (Å²) in [6, 6.07) is 4.22. The van der Waals surface area contributed by atoms with Gasteiger partial charge in [-0.2, -0.15) is 0 Å². The minimum absolute atomic E-state index is 0.0276. The normalized spacial score (nSPS) is 11.6. The number of rotatable bonds is 6. The fourth-order valence-electron chi connectivity index (χ4n) is 1.75. The Morgan fingerprint density at radius 3 is 2.48 bits per heavy atom. The minimum Gasteiger partial charge on any atom is -0.480 e. The highest BCUT2D eigenvalue weighted by atomic mass is 19.1. The van der Waals surface area contributed by atoms with E-state index in [-0.39, 0.29) is 24.6 Å². The molecule has 1 rings (SSSR count). The van der Waals surface area contributed by atoms with E-state index in [0.717, 1.165) is 11.0 Å². The zero-order valence-corrected chi connectivity index (χ0v) is 11.8. The van der Waals surface area contributed by atoms with Gasteiger partial charge in [-0.1, -0.05) is 12.1 Å². The van der Waals surface area contributed by atoms with Gasteiger partial charge in [0, 0.05) is 20.0 Å². The van der Waals surface area contributed by atoms with Gasteiger partial charge in [-0.05, 0) is 19.1 Å². The van der Waals surface area contributed by atoms with Crippen molar-refractivity contribution in [2.75, 3.05) is 13.1 Å². The number of aliphatic carboxylic acids is 1. The molecule has 0 saturated heterocycles. The minimum atomic E-state index is -1.21. The molecule has 1 atom stereocenters. The molecule has 0 aliphatic carbocycles. The monoisotopic (exact) mass is 296 g/mol. The van der Waals surface area contributed by atoms with Gasteiger partial charge in [0.05, 0.1) is 5.56 Å². The van der Waals surface area contributed by atoms with Crippen LogP contribution in [-0.2, 0) is 9.59 Å². The molecule has 1 aromatic carbocycles.